The van der Waals surface area contributed by atoms with Crippen LogP contribution in [0.4, 0.5) is 0 Å². The minimum Gasteiger partial charge on any atom is -0.458 e. The molecule has 24 heavy (non-hydrogen) atoms. The van der Waals surface area contributed by atoms with Crippen LogP contribution in [0, 0.1) is 0 Å². The first kappa shape index (κ1) is 14.7. The molecule has 3 heterocycles. The van der Waals surface area contributed by atoms with Crippen molar-refractivity contribution in [2.75, 3.05) is 13.1 Å². The molecule has 0 radical (unpaired) electrons. The van der Waals surface area contributed by atoms with E-state index in [1.54, 1.807) is 24.7 Å². The molecule has 1 fully saturated rings. The number of para-hydroxylation sites is 1. The molecular formula is C18H18N4O2. The van der Waals surface area contributed by atoms with Crippen LogP contribution in [0.3, 0.4) is 0 Å². The molecule has 6 heteroatoms. The molecule has 4 rings (SSSR count). The Morgan fingerprint density at radius 3 is 2.92 bits per heavy atom. The van der Waals surface area contributed by atoms with Crippen LogP contribution < -0.4 is 4.74 Å². The molecule has 1 unspecified atom stereocenters. The van der Waals surface area contributed by atoms with Gasteiger partial charge in [-0.25, -0.2) is 9.97 Å². The van der Waals surface area contributed by atoms with Crippen molar-refractivity contribution in [3.8, 4) is 6.01 Å². The molecule has 6 nitrogen and oxygen atoms in total. The van der Waals surface area contributed by atoms with Gasteiger partial charge in [0.1, 0.15) is 6.10 Å². The van der Waals surface area contributed by atoms with Gasteiger partial charge in [0.15, 0.2) is 0 Å². The maximum absolute atomic E-state index is 12.9. The van der Waals surface area contributed by atoms with Crippen LogP contribution in [0.25, 0.3) is 10.9 Å². The Morgan fingerprint density at radius 2 is 2.04 bits per heavy atom. The Morgan fingerprint density at radius 1 is 1.21 bits per heavy atom. The normalized spacial score (nSPS) is 17.8. The van der Waals surface area contributed by atoms with Crippen molar-refractivity contribution >= 4 is 16.8 Å². The Balaban J connectivity index is 1.50. The summed E-state index contributed by atoms with van der Waals surface area (Å²) in [6.45, 7) is 1.30. The quantitative estimate of drug-likeness (QED) is 0.805. The van der Waals surface area contributed by atoms with E-state index in [4.69, 9.17) is 4.74 Å². The molecule has 1 aliphatic heterocycles. The number of nitrogens with zero attached hydrogens (tertiary/aromatic N) is 3. The largest absolute Gasteiger partial charge is 0.458 e. The predicted octanol–water partition coefficient (Wildman–Crippen LogP) is 2.64. The number of carbonyl (C=O) groups excluding carboxylic acids is 1. The fourth-order valence-electron chi connectivity index (χ4n) is 3.13. The van der Waals surface area contributed by atoms with E-state index in [9.17, 15) is 4.79 Å². The van der Waals surface area contributed by atoms with Gasteiger partial charge < -0.3 is 14.6 Å². The van der Waals surface area contributed by atoms with Crippen molar-refractivity contribution in [2.45, 2.75) is 18.9 Å². The molecule has 0 aliphatic carbocycles. The van der Waals surface area contributed by atoms with E-state index in [1.165, 1.54) is 0 Å². The van der Waals surface area contributed by atoms with Crippen molar-refractivity contribution in [3.05, 3.63) is 54.5 Å². The van der Waals surface area contributed by atoms with Crippen molar-refractivity contribution in [3.63, 3.8) is 0 Å². The zero-order valence-corrected chi connectivity index (χ0v) is 13.2. The predicted molar refractivity (Wildman–Crippen MR) is 89.9 cm³/mol. The second kappa shape index (κ2) is 6.31. The Hall–Kier alpha value is -2.89. The van der Waals surface area contributed by atoms with E-state index in [0.717, 1.165) is 30.3 Å². The van der Waals surface area contributed by atoms with Crippen LogP contribution in [-0.2, 0) is 0 Å². The number of carbonyl (C=O) groups is 1. The fourth-order valence-corrected chi connectivity index (χ4v) is 3.13. The highest BCUT2D eigenvalue weighted by molar-refractivity contribution is 6.06. The minimum absolute atomic E-state index is 0.0368. The van der Waals surface area contributed by atoms with Crippen LogP contribution in [-0.4, -0.2) is 45.0 Å². The number of benzene rings is 1. The highest BCUT2D eigenvalue weighted by Gasteiger charge is 2.27. The summed E-state index contributed by atoms with van der Waals surface area (Å²) in [6, 6.07) is 9.96. The SMILES string of the molecule is O=C(c1c[nH]c2ccccc12)N1CCCC(Oc2ncccn2)C1. The lowest BCUT2D eigenvalue weighted by atomic mass is 10.1. The van der Waals surface area contributed by atoms with Crippen LogP contribution in [0.1, 0.15) is 23.2 Å². The first-order chi connectivity index (χ1) is 11.8. The number of likely N-dealkylation sites (tertiary alicyclic amines) is 1. The van der Waals surface area contributed by atoms with Crippen molar-refractivity contribution < 1.29 is 9.53 Å². The number of nitrogens with one attached hydrogen (secondary N) is 1. The summed E-state index contributed by atoms with van der Waals surface area (Å²) in [4.78, 5) is 26.1. The monoisotopic (exact) mass is 322 g/mol. The number of piperidine rings is 1. The number of aromatic amines is 1. The third-order valence-corrected chi connectivity index (χ3v) is 4.30. The van der Waals surface area contributed by atoms with Gasteiger partial charge in [-0.3, -0.25) is 4.79 Å². The fraction of sp³-hybridized carbons (Fsp3) is 0.278. The van der Waals surface area contributed by atoms with E-state index in [2.05, 4.69) is 15.0 Å². The highest BCUT2D eigenvalue weighted by Crippen LogP contribution is 2.22. The summed E-state index contributed by atoms with van der Waals surface area (Å²) in [7, 11) is 0. The van der Waals surface area contributed by atoms with Crippen LogP contribution in [0.15, 0.2) is 48.9 Å². The molecule has 0 saturated carbocycles. The van der Waals surface area contributed by atoms with Gasteiger partial charge >= 0.3 is 6.01 Å². The molecule has 1 amide bonds. The lowest BCUT2D eigenvalue weighted by Crippen LogP contribution is -2.44. The average Bonchev–Trinajstić information content (AvgIpc) is 3.06. The number of hydrogen-bond donors (Lipinski definition) is 1. The van der Waals surface area contributed by atoms with Gasteiger partial charge in [-0.15, -0.1) is 0 Å². The Labute approximate surface area is 139 Å². The molecule has 3 aromatic rings. The highest BCUT2D eigenvalue weighted by atomic mass is 16.5. The summed E-state index contributed by atoms with van der Waals surface area (Å²) in [6.07, 6.45) is 6.83. The van der Waals surface area contributed by atoms with Gasteiger partial charge in [0.25, 0.3) is 5.91 Å². The third-order valence-electron chi connectivity index (χ3n) is 4.30. The lowest BCUT2D eigenvalue weighted by Gasteiger charge is -2.32. The summed E-state index contributed by atoms with van der Waals surface area (Å²) >= 11 is 0. The molecule has 1 aliphatic rings. The first-order valence-corrected chi connectivity index (χ1v) is 8.10. The summed E-state index contributed by atoms with van der Waals surface area (Å²) < 4.78 is 5.82. The van der Waals surface area contributed by atoms with Gasteiger partial charge in [0.05, 0.1) is 12.1 Å². The van der Waals surface area contributed by atoms with Crippen LogP contribution in [0.5, 0.6) is 6.01 Å². The van der Waals surface area contributed by atoms with Gasteiger partial charge in [-0.2, -0.15) is 0 Å². The van der Waals surface area contributed by atoms with Crippen molar-refractivity contribution in [1.82, 2.24) is 19.9 Å². The second-order valence-corrected chi connectivity index (χ2v) is 5.91. The maximum Gasteiger partial charge on any atom is 0.316 e. The molecule has 1 N–H and O–H groups in total. The topological polar surface area (TPSA) is 71.1 Å². The van der Waals surface area contributed by atoms with E-state index < -0.39 is 0 Å². The zero-order chi connectivity index (χ0) is 16.4. The number of aromatic nitrogens is 3. The second-order valence-electron chi connectivity index (χ2n) is 5.91. The van der Waals surface area contributed by atoms with E-state index in [-0.39, 0.29) is 12.0 Å². The summed E-state index contributed by atoms with van der Waals surface area (Å²) in [5.41, 5.74) is 1.69. The smallest absolute Gasteiger partial charge is 0.316 e. The number of rotatable bonds is 3. The van der Waals surface area contributed by atoms with Gasteiger partial charge in [0, 0.05) is 36.0 Å². The van der Waals surface area contributed by atoms with Crippen LogP contribution in [0.2, 0.25) is 0 Å². The molecule has 0 spiro atoms. The lowest BCUT2D eigenvalue weighted by molar-refractivity contribution is 0.0517. The van der Waals surface area contributed by atoms with E-state index in [1.807, 2.05) is 29.2 Å². The van der Waals surface area contributed by atoms with Crippen LogP contribution >= 0.6 is 0 Å². The number of fused-ring (bicyclic) bond motifs is 1. The molecular weight excluding hydrogens is 304 g/mol. The van der Waals surface area contributed by atoms with Crippen molar-refractivity contribution in [1.29, 1.82) is 0 Å². The third kappa shape index (κ3) is 2.82. The van der Waals surface area contributed by atoms with Gasteiger partial charge in [0.2, 0.25) is 0 Å². The van der Waals surface area contributed by atoms with Gasteiger partial charge in [-0.05, 0) is 25.0 Å². The molecule has 1 aromatic carbocycles. The number of ether oxygens (including phenoxy) is 1. The average molecular weight is 322 g/mol. The molecule has 1 atom stereocenters. The van der Waals surface area contributed by atoms with E-state index in [0.29, 0.717) is 18.1 Å². The number of hydrogen-bond acceptors (Lipinski definition) is 4. The summed E-state index contributed by atoms with van der Waals surface area (Å²) in [5, 5.41) is 0.955. The molecule has 1 saturated heterocycles. The van der Waals surface area contributed by atoms with Gasteiger partial charge in [-0.1, -0.05) is 18.2 Å². The summed E-state index contributed by atoms with van der Waals surface area (Å²) in [5.74, 6) is 0.0368. The molecule has 0 bridgehead atoms. The Bertz CT molecular complexity index is 846. The van der Waals surface area contributed by atoms with Crippen molar-refractivity contribution in [2.24, 2.45) is 0 Å². The standard InChI is InChI=1S/C18H18N4O2/c23-17(15-11-21-16-7-2-1-6-14(15)16)22-10-3-5-13(12-22)24-18-19-8-4-9-20-18/h1-2,4,6-9,11,13,21H,3,5,10,12H2. The number of H-pyrrole nitrogens is 1. The minimum atomic E-state index is -0.0738. The first-order valence-electron chi connectivity index (χ1n) is 8.10. The molecule has 122 valence electrons. The Kier molecular flexibility index (Phi) is 3.86. The molecule has 2 aromatic heterocycles. The number of amides is 1. The zero-order valence-electron chi connectivity index (χ0n) is 13.2. The maximum atomic E-state index is 12.9. The van der Waals surface area contributed by atoms with E-state index >= 15 is 0 Å².